The van der Waals surface area contributed by atoms with Crippen molar-refractivity contribution in [1.82, 2.24) is 36.8 Å². The third-order valence-electron chi connectivity index (χ3n) is 7.35. The van der Waals surface area contributed by atoms with Gasteiger partial charge in [-0.25, -0.2) is 0 Å². The average molecular weight is 709 g/mol. The zero-order chi connectivity index (χ0) is 38.0. The summed E-state index contributed by atoms with van der Waals surface area (Å²) in [6.45, 7) is 3.46. The molecule has 5 atom stereocenters. The third kappa shape index (κ3) is 15.8. The van der Waals surface area contributed by atoms with Gasteiger partial charge in [0.2, 0.25) is 47.3 Å². The molecule has 0 radical (unpaired) electrons. The minimum Gasteiger partial charge on any atom is -0.481 e. The van der Waals surface area contributed by atoms with Gasteiger partial charge in [0.25, 0.3) is 0 Å². The van der Waals surface area contributed by atoms with Crippen LogP contribution in [-0.4, -0.2) is 125 Å². The molecule has 0 aromatic carbocycles. The van der Waals surface area contributed by atoms with Gasteiger partial charge in [-0.1, -0.05) is 13.8 Å². The van der Waals surface area contributed by atoms with E-state index in [1.807, 2.05) is 13.8 Å². The van der Waals surface area contributed by atoms with Gasteiger partial charge in [-0.15, -0.1) is 12.3 Å². The summed E-state index contributed by atoms with van der Waals surface area (Å²) in [4.78, 5) is 113. The molecular formula is C31H48N8O11. The maximum absolute atomic E-state index is 13.7. The highest BCUT2D eigenvalue weighted by Crippen LogP contribution is 2.21. The number of aliphatic carboxylic acids is 1. The molecule has 0 spiro atoms. The minimum absolute atomic E-state index is 0.0273. The Morgan fingerprint density at radius 1 is 0.840 bits per heavy atom. The predicted octanol–water partition coefficient (Wildman–Crippen LogP) is -4.03. The van der Waals surface area contributed by atoms with Crippen molar-refractivity contribution < 1.29 is 53.4 Å². The van der Waals surface area contributed by atoms with Crippen LogP contribution in [0.2, 0.25) is 0 Å². The van der Waals surface area contributed by atoms with Crippen molar-refractivity contribution in [2.45, 2.75) is 96.0 Å². The van der Waals surface area contributed by atoms with Crippen LogP contribution in [0.25, 0.3) is 0 Å². The summed E-state index contributed by atoms with van der Waals surface area (Å²) in [5.41, 5.74) is 4.95. The van der Waals surface area contributed by atoms with Crippen LogP contribution in [0.15, 0.2) is 0 Å². The van der Waals surface area contributed by atoms with E-state index in [-0.39, 0.29) is 38.1 Å². The van der Waals surface area contributed by atoms with Gasteiger partial charge >= 0.3 is 5.97 Å². The molecule has 8 amide bonds. The Hall–Kier alpha value is -5.25. The number of aliphatic hydroxyl groups excluding tert-OH is 1. The van der Waals surface area contributed by atoms with E-state index in [2.05, 4.69) is 37.8 Å². The number of amides is 8. The Morgan fingerprint density at radius 3 is 2.06 bits per heavy atom. The summed E-state index contributed by atoms with van der Waals surface area (Å²) in [6, 6.07) is -5.30. The summed E-state index contributed by atoms with van der Waals surface area (Å²) in [7, 11) is 0. The van der Waals surface area contributed by atoms with Crippen molar-refractivity contribution in [2.75, 3.05) is 26.2 Å². The number of carbonyl (C=O) groups excluding carboxylic acids is 8. The molecule has 278 valence electrons. The molecule has 19 nitrogen and oxygen atoms in total. The summed E-state index contributed by atoms with van der Waals surface area (Å²) in [6.07, 6.45) is 3.67. The molecule has 1 rings (SSSR count). The first-order chi connectivity index (χ1) is 23.5. The van der Waals surface area contributed by atoms with E-state index in [1.54, 1.807) is 0 Å². The highest BCUT2D eigenvalue weighted by atomic mass is 16.4. The normalized spacial score (nSPS) is 16.1. The van der Waals surface area contributed by atoms with E-state index in [9.17, 15) is 53.4 Å². The van der Waals surface area contributed by atoms with E-state index >= 15 is 0 Å². The highest BCUT2D eigenvalue weighted by Gasteiger charge is 2.39. The molecular weight excluding hydrogens is 660 g/mol. The monoisotopic (exact) mass is 708 g/mol. The van der Waals surface area contributed by atoms with E-state index in [0.717, 1.165) is 0 Å². The SMILES string of the molecule is C#CCCC(=O)NCC(=O)N[C@@H](CC(C)C)C(=O)N1CCC[C@H]1C(=O)N[C@@H](CCC(=O)O)C(=O)N[C@H](C(=O)NCC(=O)NCC(N)=O)[C@@H](C)O. The van der Waals surface area contributed by atoms with Crippen molar-refractivity contribution in [3.8, 4) is 12.3 Å². The number of hydrogen-bond acceptors (Lipinski definition) is 10. The number of hydrogen-bond donors (Lipinski definition) is 9. The predicted molar refractivity (Wildman–Crippen MR) is 175 cm³/mol. The molecule has 0 aromatic heterocycles. The lowest BCUT2D eigenvalue weighted by atomic mass is 10.0. The van der Waals surface area contributed by atoms with Crippen LogP contribution in [0.3, 0.4) is 0 Å². The largest absolute Gasteiger partial charge is 0.481 e. The first kappa shape index (κ1) is 42.8. The second-order valence-corrected chi connectivity index (χ2v) is 12.1. The van der Waals surface area contributed by atoms with E-state index in [0.29, 0.717) is 6.42 Å². The van der Waals surface area contributed by atoms with Crippen LogP contribution in [0.4, 0.5) is 0 Å². The van der Waals surface area contributed by atoms with Crippen LogP contribution in [0, 0.1) is 18.3 Å². The number of aliphatic hydroxyl groups is 1. The first-order valence-corrected chi connectivity index (χ1v) is 16.1. The molecule has 50 heavy (non-hydrogen) atoms. The number of primary amides is 1. The van der Waals surface area contributed by atoms with Gasteiger partial charge in [0.15, 0.2) is 0 Å². The molecule has 0 unspecified atom stereocenters. The highest BCUT2D eigenvalue weighted by molar-refractivity contribution is 5.97. The van der Waals surface area contributed by atoms with Gasteiger partial charge in [-0.05, 0) is 38.5 Å². The standard InChI is InChI=1S/C31H48N8O11/c1-5-6-9-23(42)34-16-25(44)36-20(13-17(2)3)31(50)39-12-7-8-21(39)29(48)37-19(10-11-26(45)46)28(47)38-27(18(4)40)30(49)35-15-24(43)33-14-22(32)41/h1,17-21,27,40H,6-16H2,2-4H3,(H2,32,41)(H,33,43)(H,34,42)(H,35,49)(H,36,44)(H,37,48)(H,38,47)(H,45,46)/t18-,19+,20+,21+,27+/m1/s1. The maximum Gasteiger partial charge on any atom is 0.303 e. The lowest BCUT2D eigenvalue weighted by Crippen LogP contribution is -2.60. The fraction of sp³-hybridized carbons (Fsp3) is 0.645. The van der Waals surface area contributed by atoms with Crippen molar-refractivity contribution in [1.29, 1.82) is 0 Å². The third-order valence-corrected chi connectivity index (χ3v) is 7.35. The molecule has 1 heterocycles. The second-order valence-electron chi connectivity index (χ2n) is 12.1. The lowest BCUT2D eigenvalue weighted by molar-refractivity contribution is -0.143. The molecule has 19 heteroatoms. The Kier molecular flexibility index (Phi) is 18.5. The van der Waals surface area contributed by atoms with Crippen LogP contribution in [-0.2, 0) is 43.2 Å². The number of likely N-dealkylation sites (tertiary alicyclic amines) is 1. The quantitative estimate of drug-likeness (QED) is 0.0517. The molecule has 0 aliphatic carbocycles. The lowest BCUT2D eigenvalue weighted by Gasteiger charge is -2.31. The fourth-order valence-electron chi connectivity index (χ4n) is 4.88. The van der Waals surface area contributed by atoms with Crippen LogP contribution < -0.4 is 37.6 Å². The Balaban J connectivity index is 3.05. The Labute approximate surface area is 289 Å². The van der Waals surface area contributed by atoms with Gasteiger partial charge in [-0.3, -0.25) is 43.2 Å². The number of carboxylic acids is 1. The number of terminal acetylenes is 1. The van der Waals surface area contributed by atoms with Crippen molar-refractivity contribution in [2.24, 2.45) is 11.7 Å². The number of rotatable bonds is 21. The Morgan fingerprint density at radius 2 is 1.48 bits per heavy atom. The van der Waals surface area contributed by atoms with Crippen LogP contribution >= 0.6 is 0 Å². The number of nitrogens with one attached hydrogen (secondary N) is 6. The van der Waals surface area contributed by atoms with Gasteiger partial charge < -0.3 is 52.7 Å². The summed E-state index contributed by atoms with van der Waals surface area (Å²) >= 11 is 0. The topological polar surface area (TPSA) is 296 Å². The Bertz CT molecular complexity index is 1310. The molecule has 0 saturated carbocycles. The maximum atomic E-state index is 13.7. The van der Waals surface area contributed by atoms with E-state index in [1.165, 1.54) is 11.8 Å². The number of nitrogens with zero attached hydrogens (tertiary/aromatic N) is 1. The summed E-state index contributed by atoms with van der Waals surface area (Å²) in [5, 5.41) is 33.5. The fourth-order valence-corrected chi connectivity index (χ4v) is 4.88. The molecule has 0 aromatic rings. The molecule has 1 saturated heterocycles. The second kappa shape index (κ2) is 21.7. The molecule has 10 N–H and O–H groups in total. The molecule has 1 fully saturated rings. The number of carboxylic acid groups (broad SMARTS) is 1. The molecule has 0 bridgehead atoms. The van der Waals surface area contributed by atoms with Crippen molar-refractivity contribution >= 4 is 53.2 Å². The van der Waals surface area contributed by atoms with Crippen LogP contribution in [0.1, 0.15) is 65.7 Å². The molecule has 1 aliphatic heterocycles. The number of carbonyl (C=O) groups is 9. The van der Waals surface area contributed by atoms with Crippen molar-refractivity contribution in [3.05, 3.63) is 0 Å². The minimum atomic E-state index is -1.64. The van der Waals surface area contributed by atoms with Gasteiger partial charge in [0, 0.05) is 25.8 Å². The zero-order valence-electron chi connectivity index (χ0n) is 28.4. The van der Waals surface area contributed by atoms with Crippen LogP contribution in [0.5, 0.6) is 0 Å². The summed E-state index contributed by atoms with van der Waals surface area (Å²) in [5.74, 6) is -5.09. The number of nitrogens with two attached hydrogens (primary N) is 1. The first-order valence-electron chi connectivity index (χ1n) is 16.1. The zero-order valence-corrected chi connectivity index (χ0v) is 28.4. The van der Waals surface area contributed by atoms with E-state index < -0.39 is 116 Å². The smallest absolute Gasteiger partial charge is 0.303 e. The molecule has 1 aliphatic rings. The average Bonchev–Trinajstić information content (AvgIpc) is 3.54. The van der Waals surface area contributed by atoms with Gasteiger partial charge in [-0.2, -0.15) is 0 Å². The summed E-state index contributed by atoms with van der Waals surface area (Å²) < 4.78 is 0. The van der Waals surface area contributed by atoms with Gasteiger partial charge in [0.1, 0.15) is 24.2 Å². The van der Waals surface area contributed by atoms with Gasteiger partial charge in [0.05, 0.1) is 25.7 Å². The van der Waals surface area contributed by atoms with Crippen molar-refractivity contribution in [3.63, 3.8) is 0 Å². The van der Waals surface area contributed by atoms with E-state index in [4.69, 9.17) is 12.2 Å².